The summed E-state index contributed by atoms with van der Waals surface area (Å²) in [5.74, 6) is 0.877. The lowest BCUT2D eigenvalue weighted by Gasteiger charge is -2.34. The molecular formula is C17H23N3O2. The van der Waals surface area contributed by atoms with Gasteiger partial charge in [0.2, 0.25) is 0 Å². The number of nitrogens with zero attached hydrogens (tertiary/aromatic N) is 3. The number of ether oxygens (including phenoxy) is 1. The van der Waals surface area contributed by atoms with Gasteiger partial charge in [0, 0.05) is 44.7 Å². The molecule has 0 aromatic heterocycles. The highest BCUT2D eigenvalue weighted by atomic mass is 16.5. The topological polar surface area (TPSA) is 56.6 Å². The average Bonchev–Trinajstić information content (AvgIpc) is 2.58. The Hall–Kier alpha value is -2.06. The van der Waals surface area contributed by atoms with Crippen LogP contribution in [-0.4, -0.2) is 55.0 Å². The summed E-state index contributed by atoms with van der Waals surface area (Å²) >= 11 is 0. The highest BCUT2D eigenvalue weighted by molar-refractivity contribution is 5.94. The summed E-state index contributed by atoms with van der Waals surface area (Å²) in [4.78, 5) is 16.6. The third-order valence-corrected chi connectivity index (χ3v) is 3.77. The van der Waals surface area contributed by atoms with Gasteiger partial charge in [0.05, 0.1) is 12.7 Å². The fourth-order valence-electron chi connectivity index (χ4n) is 2.48. The van der Waals surface area contributed by atoms with E-state index in [2.05, 4.69) is 17.9 Å². The fourth-order valence-corrected chi connectivity index (χ4v) is 2.48. The van der Waals surface area contributed by atoms with Gasteiger partial charge in [-0.15, -0.1) is 0 Å². The monoisotopic (exact) mass is 301 g/mol. The van der Waals surface area contributed by atoms with Gasteiger partial charge in [-0.25, -0.2) is 0 Å². The summed E-state index contributed by atoms with van der Waals surface area (Å²) < 4.78 is 5.53. The molecule has 2 rings (SSSR count). The minimum absolute atomic E-state index is 0.0713. The van der Waals surface area contributed by atoms with E-state index >= 15 is 0 Å². The molecule has 1 aromatic rings. The Balaban J connectivity index is 1.86. The number of rotatable bonds is 6. The summed E-state index contributed by atoms with van der Waals surface area (Å²) in [6, 6.07) is 9.52. The van der Waals surface area contributed by atoms with Crippen molar-refractivity contribution in [2.75, 3.05) is 39.3 Å². The number of piperazine rings is 1. The second-order valence-electron chi connectivity index (χ2n) is 5.41. The van der Waals surface area contributed by atoms with E-state index in [1.807, 2.05) is 29.2 Å². The maximum atomic E-state index is 12.5. The molecule has 0 bridgehead atoms. The van der Waals surface area contributed by atoms with E-state index < -0.39 is 0 Å². The quantitative estimate of drug-likeness (QED) is 0.808. The van der Waals surface area contributed by atoms with E-state index in [0.717, 1.165) is 44.9 Å². The van der Waals surface area contributed by atoms with E-state index in [1.165, 1.54) is 0 Å². The zero-order chi connectivity index (χ0) is 15.8. The van der Waals surface area contributed by atoms with Gasteiger partial charge in [-0.05, 0) is 30.7 Å². The van der Waals surface area contributed by atoms with Gasteiger partial charge >= 0.3 is 0 Å². The fraction of sp³-hybridized carbons (Fsp3) is 0.529. The van der Waals surface area contributed by atoms with Crippen LogP contribution in [0.15, 0.2) is 24.3 Å². The van der Waals surface area contributed by atoms with Crippen molar-refractivity contribution in [3.05, 3.63) is 29.8 Å². The standard InChI is InChI=1S/C17H23N3O2/c1-2-14-22-16-6-4-15(5-7-16)17(21)20-12-10-19(11-13-20)9-3-8-18/h4-7H,2-3,9-14H2,1H3. The average molecular weight is 301 g/mol. The van der Waals surface area contributed by atoms with Gasteiger partial charge in [0.15, 0.2) is 0 Å². The second-order valence-corrected chi connectivity index (χ2v) is 5.41. The van der Waals surface area contributed by atoms with Gasteiger partial charge in [0.25, 0.3) is 5.91 Å². The highest BCUT2D eigenvalue weighted by Crippen LogP contribution is 2.15. The first kappa shape index (κ1) is 16.3. The van der Waals surface area contributed by atoms with Crippen molar-refractivity contribution in [3.63, 3.8) is 0 Å². The number of carbonyl (C=O) groups is 1. The van der Waals surface area contributed by atoms with E-state index in [4.69, 9.17) is 10.00 Å². The lowest BCUT2D eigenvalue weighted by molar-refractivity contribution is 0.0639. The summed E-state index contributed by atoms with van der Waals surface area (Å²) in [5.41, 5.74) is 0.703. The summed E-state index contributed by atoms with van der Waals surface area (Å²) in [6.45, 7) is 6.67. The Morgan fingerprint density at radius 2 is 1.91 bits per heavy atom. The first-order chi connectivity index (χ1) is 10.7. The molecule has 1 aliphatic rings. The maximum absolute atomic E-state index is 12.5. The van der Waals surface area contributed by atoms with Crippen LogP contribution in [0, 0.1) is 11.3 Å². The van der Waals surface area contributed by atoms with Crippen LogP contribution in [0.3, 0.4) is 0 Å². The molecule has 1 aromatic carbocycles. The molecule has 1 heterocycles. The molecule has 1 aliphatic heterocycles. The van der Waals surface area contributed by atoms with Crippen LogP contribution in [0.2, 0.25) is 0 Å². The van der Waals surface area contributed by atoms with Crippen molar-refractivity contribution >= 4 is 5.91 Å². The molecule has 1 amide bonds. The van der Waals surface area contributed by atoms with Crippen LogP contribution in [-0.2, 0) is 0 Å². The van der Waals surface area contributed by atoms with E-state index in [0.29, 0.717) is 18.6 Å². The zero-order valence-corrected chi connectivity index (χ0v) is 13.1. The molecule has 0 atom stereocenters. The van der Waals surface area contributed by atoms with E-state index in [1.54, 1.807) is 0 Å². The second kappa shape index (κ2) is 8.40. The molecular weight excluding hydrogens is 278 g/mol. The number of hydrogen-bond donors (Lipinski definition) is 0. The Bertz CT molecular complexity index is 514. The molecule has 1 saturated heterocycles. The van der Waals surface area contributed by atoms with Crippen LogP contribution in [0.4, 0.5) is 0 Å². The summed E-state index contributed by atoms with van der Waals surface area (Å²) in [7, 11) is 0. The molecule has 0 saturated carbocycles. The first-order valence-electron chi connectivity index (χ1n) is 7.86. The molecule has 0 unspecified atom stereocenters. The normalized spacial score (nSPS) is 15.4. The molecule has 0 N–H and O–H groups in total. The minimum Gasteiger partial charge on any atom is -0.494 e. The largest absolute Gasteiger partial charge is 0.494 e. The molecule has 118 valence electrons. The predicted molar refractivity (Wildman–Crippen MR) is 84.8 cm³/mol. The number of benzene rings is 1. The number of nitriles is 1. The third kappa shape index (κ3) is 4.47. The number of amides is 1. The Morgan fingerprint density at radius 1 is 1.23 bits per heavy atom. The van der Waals surface area contributed by atoms with Crippen molar-refractivity contribution in [2.24, 2.45) is 0 Å². The Labute approximate surface area is 132 Å². The predicted octanol–water partition coefficient (Wildman–Crippen LogP) is 2.15. The molecule has 5 nitrogen and oxygen atoms in total. The van der Waals surface area contributed by atoms with Crippen LogP contribution in [0.1, 0.15) is 30.1 Å². The smallest absolute Gasteiger partial charge is 0.253 e. The molecule has 5 heteroatoms. The van der Waals surface area contributed by atoms with Gasteiger partial charge in [0.1, 0.15) is 5.75 Å². The van der Waals surface area contributed by atoms with Crippen LogP contribution >= 0.6 is 0 Å². The summed E-state index contributed by atoms with van der Waals surface area (Å²) in [6.07, 6.45) is 1.52. The maximum Gasteiger partial charge on any atom is 0.253 e. The molecule has 0 spiro atoms. The Kier molecular flexibility index (Phi) is 6.23. The molecule has 0 radical (unpaired) electrons. The van der Waals surface area contributed by atoms with E-state index in [-0.39, 0.29) is 5.91 Å². The van der Waals surface area contributed by atoms with Crippen molar-refractivity contribution in [1.29, 1.82) is 5.26 Å². The van der Waals surface area contributed by atoms with Crippen molar-refractivity contribution in [3.8, 4) is 11.8 Å². The highest BCUT2D eigenvalue weighted by Gasteiger charge is 2.21. The first-order valence-corrected chi connectivity index (χ1v) is 7.86. The third-order valence-electron chi connectivity index (χ3n) is 3.77. The summed E-state index contributed by atoms with van der Waals surface area (Å²) in [5, 5.41) is 8.61. The number of carbonyl (C=O) groups excluding carboxylic acids is 1. The van der Waals surface area contributed by atoms with Crippen molar-refractivity contribution in [1.82, 2.24) is 9.80 Å². The zero-order valence-electron chi connectivity index (χ0n) is 13.1. The van der Waals surface area contributed by atoms with Gasteiger partial charge in [-0.1, -0.05) is 6.92 Å². The molecule has 22 heavy (non-hydrogen) atoms. The molecule has 1 fully saturated rings. The van der Waals surface area contributed by atoms with Crippen molar-refractivity contribution in [2.45, 2.75) is 19.8 Å². The van der Waals surface area contributed by atoms with Gasteiger partial charge in [-0.3, -0.25) is 9.69 Å². The van der Waals surface area contributed by atoms with Gasteiger partial charge in [-0.2, -0.15) is 5.26 Å². The van der Waals surface area contributed by atoms with Crippen LogP contribution < -0.4 is 4.74 Å². The van der Waals surface area contributed by atoms with Crippen LogP contribution in [0.5, 0.6) is 5.75 Å². The van der Waals surface area contributed by atoms with Crippen LogP contribution in [0.25, 0.3) is 0 Å². The van der Waals surface area contributed by atoms with Gasteiger partial charge < -0.3 is 9.64 Å². The minimum atomic E-state index is 0.0713. The number of hydrogen-bond acceptors (Lipinski definition) is 4. The SMILES string of the molecule is CCCOc1ccc(C(=O)N2CCN(CCC#N)CC2)cc1. The van der Waals surface area contributed by atoms with E-state index in [9.17, 15) is 4.79 Å². The van der Waals surface area contributed by atoms with Crippen molar-refractivity contribution < 1.29 is 9.53 Å². The Morgan fingerprint density at radius 3 is 2.50 bits per heavy atom. The lowest BCUT2D eigenvalue weighted by atomic mass is 10.1. The lowest BCUT2D eigenvalue weighted by Crippen LogP contribution is -2.48. The molecule has 0 aliphatic carbocycles.